The van der Waals surface area contributed by atoms with Crippen LogP contribution in [0.5, 0.6) is 0 Å². The molecule has 1 saturated heterocycles. The third-order valence-electron chi connectivity index (χ3n) is 4.45. The molecule has 0 bridgehead atoms. The molecule has 112 valence electrons. The number of hydrogen-bond acceptors (Lipinski definition) is 2. The van der Waals surface area contributed by atoms with Crippen molar-refractivity contribution in [3.8, 4) is 0 Å². The molecule has 1 heterocycles. The number of hydrogen-bond donors (Lipinski definition) is 2. The molecule has 3 nitrogen and oxygen atoms in total. The van der Waals surface area contributed by atoms with Crippen LogP contribution >= 0.6 is 12.4 Å². The van der Waals surface area contributed by atoms with Gasteiger partial charge < -0.3 is 10.6 Å². The van der Waals surface area contributed by atoms with Crippen LogP contribution in [0.25, 0.3) is 0 Å². The van der Waals surface area contributed by atoms with Crippen LogP contribution in [0.3, 0.4) is 0 Å². The molecule has 1 unspecified atom stereocenters. The Morgan fingerprint density at radius 2 is 1.89 bits per heavy atom. The predicted octanol–water partition coefficient (Wildman–Crippen LogP) is 3.03. The zero-order valence-corrected chi connectivity index (χ0v) is 12.8. The molecule has 0 spiro atoms. The van der Waals surface area contributed by atoms with Gasteiger partial charge in [-0.25, -0.2) is 0 Å². The molecule has 1 atom stereocenters. The van der Waals surface area contributed by atoms with E-state index >= 15 is 0 Å². The van der Waals surface area contributed by atoms with Crippen molar-refractivity contribution in [1.29, 1.82) is 0 Å². The van der Waals surface area contributed by atoms with Gasteiger partial charge in [0.1, 0.15) is 0 Å². The van der Waals surface area contributed by atoms with Gasteiger partial charge >= 0.3 is 0 Å². The van der Waals surface area contributed by atoms with Gasteiger partial charge in [-0.3, -0.25) is 4.79 Å². The maximum Gasteiger partial charge on any atom is 0.220 e. The minimum atomic E-state index is 0. The molecule has 2 aliphatic rings. The zero-order chi connectivity index (χ0) is 12.6. The van der Waals surface area contributed by atoms with Crippen LogP contribution in [0.15, 0.2) is 0 Å². The van der Waals surface area contributed by atoms with Crippen LogP contribution in [0.4, 0.5) is 0 Å². The van der Waals surface area contributed by atoms with E-state index in [-0.39, 0.29) is 18.3 Å². The molecule has 0 aromatic carbocycles. The van der Waals surface area contributed by atoms with Gasteiger partial charge in [0.15, 0.2) is 0 Å². The van der Waals surface area contributed by atoms with Crippen molar-refractivity contribution in [3.63, 3.8) is 0 Å². The summed E-state index contributed by atoms with van der Waals surface area (Å²) in [6, 6.07) is 0.521. The average molecular weight is 289 g/mol. The fourth-order valence-electron chi connectivity index (χ4n) is 3.28. The van der Waals surface area contributed by atoms with Crippen LogP contribution in [0.1, 0.15) is 64.2 Å². The summed E-state index contributed by atoms with van der Waals surface area (Å²) in [5.41, 5.74) is 0. The first-order chi connectivity index (χ1) is 8.84. The Labute approximate surface area is 123 Å². The molecule has 4 heteroatoms. The Bertz CT molecular complexity index is 249. The molecule has 1 saturated carbocycles. The zero-order valence-electron chi connectivity index (χ0n) is 12.0. The van der Waals surface area contributed by atoms with Crippen molar-refractivity contribution >= 4 is 18.3 Å². The van der Waals surface area contributed by atoms with Gasteiger partial charge in [-0.05, 0) is 38.1 Å². The van der Waals surface area contributed by atoms with Crippen LogP contribution in [0, 0.1) is 5.92 Å². The second-order valence-electron chi connectivity index (χ2n) is 5.99. The Balaban J connectivity index is 0.00000180. The summed E-state index contributed by atoms with van der Waals surface area (Å²) in [6.45, 7) is 1.93. The maximum absolute atomic E-state index is 11.7. The molecular formula is C15H29ClN2O. The monoisotopic (exact) mass is 288 g/mol. The largest absolute Gasteiger partial charge is 0.355 e. The lowest BCUT2D eigenvalue weighted by atomic mass is 9.86. The van der Waals surface area contributed by atoms with E-state index in [0.29, 0.717) is 6.04 Å². The summed E-state index contributed by atoms with van der Waals surface area (Å²) < 4.78 is 0. The molecule has 1 aliphatic heterocycles. The highest BCUT2D eigenvalue weighted by atomic mass is 35.5. The van der Waals surface area contributed by atoms with Crippen molar-refractivity contribution in [2.45, 2.75) is 70.3 Å². The van der Waals surface area contributed by atoms with Crippen LogP contribution in [-0.2, 0) is 4.79 Å². The molecule has 2 fully saturated rings. The minimum absolute atomic E-state index is 0. The average Bonchev–Trinajstić information content (AvgIpc) is 2.91. The smallest absolute Gasteiger partial charge is 0.220 e. The molecule has 0 aromatic heterocycles. The van der Waals surface area contributed by atoms with Crippen LogP contribution in [-0.4, -0.2) is 25.0 Å². The first-order valence-corrected chi connectivity index (χ1v) is 7.84. The van der Waals surface area contributed by atoms with Gasteiger partial charge in [0, 0.05) is 19.0 Å². The number of carbonyl (C=O) groups is 1. The van der Waals surface area contributed by atoms with Gasteiger partial charge in [0.2, 0.25) is 5.91 Å². The van der Waals surface area contributed by atoms with E-state index in [1.54, 1.807) is 0 Å². The normalized spacial score (nSPS) is 23.9. The fraction of sp³-hybridized carbons (Fsp3) is 0.933. The van der Waals surface area contributed by atoms with E-state index < -0.39 is 0 Å². The first-order valence-electron chi connectivity index (χ1n) is 7.84. The van der Waals surface area contributed by atoms with E-state index in [2.05, 4.69) is 10.6 Å². The predicted molar refractivity (Wildman–Crippen MR) is 81.7 cm³/mol. The Kier molecular flexibility index (Phi) is 8.47. The third-order valence-corrected chi connectivity index (χ3v) is 4.45. The second-order valence-corrected chi connectivity index (χ2v) is 5.99. The Hall–Kier alpha value is -0.280. The lowest BCUT2D eigenvalue weighted by Crippen LogP contribution is -2.37. The lowest BCUT2D eigenvalue weighted by Gasteiger charge is -2.21. The van der Waals surface area contributed by atoms with Crippen molar-refractivity contribution in [2.24, 2.45) is 5.92 Å². The number of amides is 1. The Morgan fingerprint density at radius 3 is 2.58 bits per heavy atom. The third kappa shape index (κ3) is 6.62. The molecular weight excluding hydrogens is 260 g/mol. The van der Waals surface area contributed by atoms with Gasteiger partial charge in [0.05, 0.1) is 0 Å². The van der Waals surface area contributed by atoms with Crippen LogP contribution < -0.4 is 10.6 Å². The van der Waals surface area contributed by atoms with Crippen molar-refractivity contribution in [3.05, 3.63) is 0 Å². The van der Waals surface area contributed by atoms with E-state index in [9.17, 15) is 4.79 Å². The molecule has 0 aromatic rings. The molecule has 19 heavy (non-hydrogen) atoms. The Morgan fingerprint density at radius 1 is 1.11 bits per heavy atom. The van der Waals surface area contributed by atoms with Crippen LogP contribution in [0.2, 0.25) is 0 Å². The number of halogens is 1. The maximum atomic E-state index is 11.7. The summed E-state index contributed by atoms with van der Waals surface area (Å²) in [5, 5.41) is 6.47. The molecule has 1 amide bonds. The standard InChI is InChI=1S/C15H28N2O.ClH/c18-15(17-12-14-9-5-11-16-14)10-4-8-13-6-2-1-3-7-13;/h13-14,16H,1-12H2,(H,17,18);1H. The number of rotatable bonds is 6. The summed E-state index contributed by atoms with van der Waals surface area (Å²) in [7, 11) is 0. The quantitative estimate of drug-likeness (QED) is 0.789. The van der Waals surface area contributed by atoms with Crippen molar-refractivity contribution in [1.82, 2.24) is 10.6 Å². The van der Waals surface area contributed by atoms with E-state index in [1.165, 1.54) is 51.4 Å². The first kappa shape index (κ1) is 16.8. The highest BCUT2D eigenvalue weighted by Gasteiger charge is 2.16. The molecule has 2 rings (SSSR count). The second kappa shape index (κ2) is 9.60. The molecule has 1 aliphatic carbocycles. The summed E-state index contributed by atoms with van der Waals surface area (Å²) in [6.07, 6.45) is 12.6. The van der Waals surface area contributed by atoms with Gasteiger partial charge in [-0.1, -0.05) is 32.1 Å². The lowest BCUT2D eigenvalue weighted by molar-refractivity contribution is -0.121. The SMILES string of the molecule is Cl.O=C(CCCC1CCCCC1)NCC1CCCN1. The molecule has 2 N–H and O–H groups in total. The topological polar surface area (TPSA) is 41.1 Å². The number of carbonyl (C=O) groups excluding carboxylic acids is 1. The van der Waals surface area contributed by atoms with E-state index in [1.807, 2.05) is 0 Å². The van der Waals surface area contributed by atoms with E-state index in [4.69, 9.17) is 0 Å². The highest BCUT2D eigenvalue weighted by molar-refractivity contribution is 5.85. The summed E-state index contributed by atoms with van der Waals surface area (Å²) in [5.74, 6) is 1.16. The fourth-order valence-corrected chi connectivity index (χ4v) is 3.28. The van der Waals surface area contributed by atoms with Gasteiger partial charge in [-0.15, -0.1) is 12.4 Å². The van der Waals surface area contributed by atoms with E-state index in [0.717, 1.165) is 31.8 Å². The van der Waals surface area contributed by atoms with Crippen molar-refractivity contribution in [2.75, 3.05) is 13.1 Å². The summed E-state index contributed by atoms with van der Waals surface area (Å²) in [4.78, 5) is 11.7. The van der Waals surface area contributed by atoms with Gasteiger partial charge in [0.25, 0.3) is 0 Å². The van der Waals surface area contributed by atoms with Crippen molar-refractivity contribution < 1.29 is 4.79 Å². The number of nitrogens with one attached hydrogen (secondary N) is 2. The molecule has 0 radical (unpaired) electrons. The minimum Gasteiger partial charge on any atom is -0.355 e. The highest BCUT2D eigenvalue weighted by Crippen LogP contribution is 2.27. The van der Waals surface area contributed by atoms with Gasteiger partial charge in [-0.2, -0.15) is 0 Å². The summed E-state index contributed by atoms with van der Waals surface area (Å²) >= 11 is 0.